The van der Waals surface area contributed by atoms with Crippen LogP contribution in [0.25, 0.3) is 0 Å². The van der Waals surface area contributed by atoms with Crippen LogP contribution in [0.2, 0.25) is 0 Å². The second-order valence-electron chi connectivity index (χ2n) is 4.84. The molecule has 1 N–H and O–H groups in total. The molecule has 21 heavy (non-hydrogen) atoms. The van der Waals surface area contributed by atoms with Crippen molar-refractivity contribution in [1.82, 2.24) is 0 Å². The van der Waals surface area contributed by atoms with E-state index in [-0.39, 0.29) is 5.75 Å². The van der Waals surface area contributed by atoms with Gasteiger partial charge >= 0.3 is 0 Å². The standard InChI is InChI=1S/C16H18BrNO2S/c1-3-21(19,20)16-7-5-4-6-15(16)18-11-13-9-8-12(2)14(17)10-13/h4-10,18H,3,11H2,1-2H3. The Morgan fingerprint density at radius 3 is 2.52 bits per heavy atom. The molecule has 3 nitrogen and oxygen atoms in total. The summed E-state index contributed by atoms with van der Waals surface area (Å²) in [6.45, 7) is 4.27. The van der Waals surface area contributed by atoms with Crippen molar-refractivity contribution in [1.29, 1.82) is 0 Å². The summed E-state index contributed by atoms with van der Waals surface area (Å²) in [4.78, 5) is 0.360. The largest absolute Gasteiger partial charge is 0.380 e. The van der Waals surface area contributed by atoms with Crippen molar-refractivity contribution >= 4 is 31.5 Å². The molecular weight excluding hydrogens is 350 g/mol. The fourth-order valence-corrected chi connectivity index (χ4v) is 3.48. The number of nitrogens with one attached hydrogen (secondary N) is 1. The first-order valence-corrected chi connectivity index (χ1v) is 9.19. The van der Waals surface area contributed by atoms with Gasteiger partial charge in [0, 0.05) is 11.0 Å². The zero-order chi connectivity index (χ0) is 15.5. The fourth-order valence-electron chi connectivity index (χ4n) is 1.98. The Labute approximate surface area is 134 Å². The molecule has 0 unspecified atom stereocenters. The van der Waals surface area contributed by atoms with E-state index in [1.54, 1.807) is 25.1 Å². The van der Waals surface area contributed by atoms with Crippen LogP contribution < -0.4 is 5.32 Å². The average molecular weight is 368 g/mol. The normalized spacial score (nSPS) is 11.4. The molecule has 0 heterocycles. The second-order valence-corrected chi connectivity index (χ2v) is 7.94. The molecule has 112 valence electrons. The highest BCUT2D eigenvalue weighted by molar-refractivity contribution is 9.10. The summed E-state index contributed by atoms with van der Waals surface area (Å²) in [6, 6.07) is 13.1. The number of sulfone groups is 1. The Morgan fingerprint density at radius 2 is 1.86 bits per heavy atom. The van der Waals surface area contributed by atoms with Gasteiger partial charge in [-0.05, 0) is 36.2 Å². The maximum absolute atomic E-state index is 12.1. The van der Waals surface area contributed by atoms with Crippen LogP contribution in [0.3, 0.4) is 0 Å². The predicted octanol–water partition coefficient (Wildman–Crippen LogP) is 4.16. The van der Waals surface area contributed by atoms with Crippen molar-refractivity contribution in [3.8, 4) is 0 Å². The third-order valence-corrected chi connectivity index (χ3v) is 5.96. The van der Waals surface area contributed by atoms with Gasteiger partial charge in [-0.25, -0.2) is 8.42 Å². The summed E-state index contributed by atoms with van der Waals surface area (Å²) >= 11 is 3.51. The van der Waals surface area contributed by atoms with E-state index in [1.807, 2.05) is 31.2 Å². The van der Waals surface area contributed by atoms with Crippen molar-refractivity contribution < 1.29 is 8.42 Å². The molecule has 0 amide bonds. The lowest BCUT2D eigenvalue weighted by molar-refractivity contribution is 0.597. The zero-order valence-corrected chi connectivity index (χ0v) is 14.5. The summed E-state index contributed by atoms with van der Waals surface area (Å²) < 4.78 is 25.2. The van der Waals surface area contributed by atoms with E-state index in [1.165, 1.54) is 5.56 Å². The predicted molar refractivity (Wildman–Crippen MR) is 90.4 cm³/mol. The molecule has 0 aliphatic carbocycles. The quantitative estimate of drug-likeness (QED) is 0.862. The number of hydrogen-bond donors (Lipinski definition) is 1. The van der Waals surface area contributed by atoms with Crippen molar-refractivity contribution in [2.45, 2.75) is 25.3 Å². The van der Waals surface area contributed by atoms with Crippen LogP contribution >= 0.6 is 15.9 Å². The van der Waals surface area contributed by atoms with Crippen LogP contribution in [0, 0.1) is 6.92 Å². The first-order valence-electron chi connectivity index (χ1n) is 6.74. The van der Waals surface area contributed by atoms with Gasteiger partial charge in [-0.1, -0.05) is 47.1 Å². The zero-order valence-electron chi connectivity index (χ0n) is 12.1. The molecule has 0 radical (unpaired) electrons. The van der Waals surface area contributed by atoms with Crippen LogP contribution in [-0.4, -0.2) is 14.2 Å². The highest BCUT2D eigenvalue weighted by Crippen LogP contribution is 2.23. The van der Waals surface area contributed by atoms with Crippen LogP contribution in [0.4, 0.5) is 5.69 Å². The maximum Gasteiger partial charge on any atom is 0.180 e. The Hall–Kier alpha value is -1.33. The van der Waals surface area contributed by atoms with E-state index in [4.69, 9.17) is 0 Å². The Kier molecular flexibility index (Phi) is 5.06. The summed E-state index contributed by atoms with van der Waals surface area (Å²) in [7, 11) is -3.22. The molecule has 2 rings (SSSR count). The van der Waals surface area contributed by atoms with E-state index >= 15 is 0 Å². The van der Waals surface area contributed by atoms with Crippen molar-refractivity contribution in [3.05, 3.63) is 58.1 Å². The number of anilines is 1. The SMILES string of the molecule is CCS(=O)(=O)c1ccccc1NCc1ccc(C)c(Br)c1. The third kappa shape index (κ3) is 3.86. The van der Waals surface area contributed by atoms with Crippen molar-refractivity contribution in [2.75, 3.05) is 11.1 Å². The van der Waals surface area contributed by atoms with Gasteiger partial charge in [0.1, 0.15) is 0 Å². The van der Waals surface area contributed by atoms with Gasteiger partial charge in [0.05, 0.1) is 16.3 Å². The summed E-state index contributed by atoms with van der Waals surface area (Å²) in [6.07, 6.45) is 0. The van der Waals surface area contributed by atoms with E-state index in [2.05, 4.69) is 21.2 Å². The minimum Gasteiger partial charge on any atom is -0.380 e. The van der Waals surface area contributed by atoms with Gasteiger partial charge in [0.2, 0.25) is 0 Å². The van der Waals surface area contributed by atoms with Crippen LogP contribution in [0.1, 0.15) is 18.1 Å². The van der Waals surface area contributed by atoms with Crippen molar-refractivity contribution in [2.24, 2.45) is 0 Å². The molecule has 0 bridgehead atoms. The Morgan fingerprint density at radius 1 is 1.14 bits per heavy atom. The highest BCUT2D eigenvalue weighted by Gasteiger charge is 2.15. The molecule has 0 aromatic heterocycles. The molecule has 0 aliphatic rings. The van der Waals surface area contributed by atoms with Crippen LogP contribution in [0.15, 0.2) is 51.8 Å². The molecule has 0 saturated heterocycles. The van der Waals surface area contributed by atoms with Gasteiger partial charge < -0.3 is 5.32 Å². The molecule has 0 spiro atoms. The fraction of sp³-hybridized carbons (Fsp3) is 0.250. The van der Waals surface area contributed by atoms with Gasteiger partial charge in [-0.2, -0.15) is 0 Å². The molecule has 0 saturated carbocycles. The summed E-state index contributed by atoms with van der Waals surface area (Å²) in [5, 5.41) is 3.22. The second kappa shape index (κ2) is 6.62. The maximum atomic E-state index is 12.1. The van der Waals surface area contributed by atoms with Gasteiger partial charge in [0.25, 0.3) is 0 Å². The van der Waals surface area contributed by atoms with Gasteiger partial charge in [-0.15, -0.1) is 0 Å². The average Bonchev–Trinajstić information content (AvgIpc) is 2.49. The molecular formula is C16H18BrNO2S. The summed E-state index contributed by atoms with van der Waals surface area (Å²) in [5.74, 6) is 0.0990. The van der Waals surface area contributed by atoms with E-state index in [0.717, 1.165) is 10.0 Å². The monoisotopic (exact) mass is 367 g/mol. The van der Waals surface area contributed by atoms with Crippen LogP contribution in [-0.2, 0) is 16.4 Å². The molecule has 0 atom stereocenters. The number of aryl methyl sites for hydroxylation is 1. The molecule has 2 aromatic carbocycles. The molecule has 2 aromatic rings. The number of halogens is 1. The van der Waals surface area contributed by atoms with Crippen molar-refractivity contribution in [3.63, 3.8) is 0 Å². The molecule has 0 fully saturated rings. The number of benzene rings is 2. The first kappa shape index (κ1) is 16.0. The number of rotatable bonds is 5. The molecule has 0 aliphatic heterocycles. The first-order chi connectivity index (χ1) is 9.94. The molecule has 5 heteroatoms. The van der Waals surface area contributed by atoms with Crippen LogP contribution in [0.5, 0.6) is 0 Å². The highest BCUT2D eigenvalue weighted by atomic mass is 79.9. The Balaban J connectivity index is 2.23. The lowest BCUT2D eigenvalue weighted by Crippen LogP contribution is -2.09. The van der Waals surface area contributed by atoms with E-state index < -0.39 is 9.84 Å². The number of hydrogen-bond acceptors (Lipinski definition) is 3. The minimum absolute atomic E-state index is 0.0990. The van der Waals surface area contributed by atoms with E-state index in [9.17, 15) is 8.42 Å². The number of para-hydroxylation sites is 1. The smallest absolute Gasteiger partial charge is 0.180 e. The van der Waals surface area contributed by atoms with Gasteiger partial charge in [0.15, 0.2) is 9.84 Å². The minimum atomic E-state index is -3.22. The van der Waals surface area contributed by atoms with E-state index in [0.29, 0.717) is 17.1 Å². The topological polar surface area (TPSA) is 46.2 Å². The third-order valence-electron chi connectivity index (χ3n) is 3.32. The van der Waals surface area contributed by atoms with Gasteiger partial charge in [-0.3, -0.25) is 0 Å². The lowest BCUT2D eigenvalue weighted by Gasteiger charge is -2.12. The summed E-state index contributed by atoms with van der Waals surface area (Å²) in [5.41, 5.74) is 2.92. The lowest BCUT2D eigenvalue weighted by atomic mass is 10.1. The Bertz CT molecular complexity index is 742.